The van der Waals surface area contributed by atoms with Crippen molar-refractivity contribution in [3.05, 3.63) is 71.8 Å². The van der Waals surface area contributed by atoms with Crippen LogP contribution < -0.4 is 24.2 Å². The SMILES string of the molecule is CC[C@H](Oc1ccc(C)c(C)c1)C(=O)Nc1ccc(S(=O)(=O)Nc2cc(OC)ccc2OC)cc1. The molecule has 3 aromatic carbocycles. The molecule has 2 N–H and O–H groups in total. The molecular weight excluding hydrogens is 468 g/mol. The Balaban J connectivity index is 1.70. The van der Waals surface area contributed by atoms with Gasteiger partial charge in [0.15, 0.2) is 6.10 Å². The summed E-state index contributed by atoms with van der Waals surface area (Å²) in [7, 11) is -0.970. The quantitative estimate of drug-likeness (QED) is 0.411. The van der Waals surface area contributed by atoms with Crippen LogP contribution in [0.3, 0.4) is 0 Å². The highest BCUT2D eigenvalue weighted by molar-refractivity contribution is 7.92. The van der Waals surface area contributed by atoms with E-state index in [2.05, 4.69) is 10.0 Å². The molecule has 8 nitrogen and oxygen atoms in total. The van der Waals surface area contributed by atoms with Gasteiger partial charge in [0, 0.05) is 11.8 Å². The first-order chi connectivity index (χ1) is 16.7. The summed E-state index contributed by atoms with van der Waals surface area (Å²) in [5.74, 6) is 1.14. The highest BCUT2D eigenvalue weighted by Gasteiger charge is 2.20. The fourth-order valence-corrected chi connectivity index (χ4v) is 4.37. The molecule has 0 heterocycles. The first-order valence-electron chi connectivity index (χ1n) is 11.1. The summed E-state index contributed by atoms with van der Waals surface area (Å²) in [5, 5.41) is 2.79. The molecule has 0 spiro atoms. The minimum atomic E-state index is -3.91. The third-order valence-corrected chi connectivity index (χ3v) is 6.88. The van der Waals surface area contributed by atoms with E-state index in [0.29, 0.717) is 29.4 Å². The van der Waals surface area contributed by atoms with Crippen molar-refractivity contribution in [2.75, 3.05) is 24.3 Å². The Labute approximate surface area is 206 Å². The third-order valence-electron chi connectivity index (χ3n) is 5.50. The maximum atomic E-state index is 12.9. The number of carbonyl (C=O) groups excluding carboxylic acids is 1. The van der Waals surface area contributed by atoms with Crippen molar-refractivity contribution < 1.29 is 27.4 Å². The lowest BCUT2D eigenvalue weighted by molar-refractivity contribution is -0.122. The Morgan fingerprint density at radius 1 is 0.886 bits per heavy atom. The molecule has 1 amide bonds. The van der Waals surface area contributed by atoms with Gasteiger partial charge in [-0.1, -0.05) is 13.0 Å². The lowest BCUT2D eigenvalue weighted by Gasteiger charge is -2.18. The number of aryl methyl sites for hydroxylation is 2. The number of ether oxygens (including phenoxy) is 3. The average Bonchev–Trinajstić information content (AvgIpc) is 2.84. The third kappa shape index (κ3) is 6.45. The summed E-state index contributed by atoms with van der Waals surface area (Å²) in [6.45, 7) is 5.85. The highest BCUT2D eigenvalue weighted by Crippen LogP contribution is 2.31. The summed E-state index contributed by atoms with van der Waals surface area (Å²) in [6, 6.07) is 16.4. The number of carbonyl (C=O) groups is 1. The van der Waals surface area contributed by atoms with Gasteiger partial charge in [-0.2, -0.15) is 0 Å². The molecule has 35 heavy (non-hydrogen) atoms. The lowest BCUT2D eigenvalue weighted by atomic mass is 10.1. The molecule has 0 bridgehead atoms. The van der Waals surface area contributed by atoms with Gasteiger partial charge in [-0.3, -0.25) is 9.52 Å². The van der Waals surface area contributed by atoms with Crippen LogP contribution in [0.2, 0.25) is 0 Å². The minimum Gasteiger partial charge on any atom is -0.497 e. The number of sulfonamides is 1. The second-order valence-corrected chi connectivity index (χ2v) is 9.63. The van der Waals surface area contributed by atoms with Crippen LogP contribution in [0.1, 0.15) is 24.5 Å². The topological polar surface area (TPSA) is 103 Å². The molecule has 0 aliphatic heterocycles. The number of amides is 1. The Morgan fingerprint density at radius 2 is 1.57 bits per heavy atom. The standard InChI is InChI=1S/C26H30N2O6S/c1-6-24(34-21-10-7-17(2)18(3)15-21)26(29)27-19-8-12-22(13-9-19)35(30,31)28-23-16-20(32-4)11-14-25(23)33-5/h7-16,24,28H,6H2,1-5H3,(H,27,29)/t24-/m0/s1. The smallest absolute Gasteiger partial charge is 0.265 e. The van der Waals surface area contributed by atoms with E-state index >= 15 is 0 Å². The normalized spacial score (nSPS) is 11.9. The summed E-state index contributed by atoms with van der Waals surface area (Å²) in [6.07, 6.45) is -0.222. The summed E-state index contributed by atoms with van der Waals surface area (Å²) in [5.41, 5.74) is 2.92. The van der Waals surface area contributed by atoms with Gasteiger partial charge >= 0.3 is 0 Å². The van der Waals surface area contributed by atoms with Crippen molar-refractivity contribution in [2.45, 2.75) is 38.2 Å². The van der Waals surface area contributed by atoms with Crippen LogP contribution in [-0.2, 0) is 14.8 Å². The molecule has 3 rings (SSSR count). The van der Waals surface area contributed by atoms with Gasteiger partial charge in [-0.05, 0) is 79.9 Å². The van der Waals surface area contributed by atoms with Gasteiger partial charge < -0.3 is 19.5 Å². The van der Waals surface area contributed by atoms with Gasteiger partial charge in [-0.25, -0.2) is 8.42 Å². The number of anilines is 2. The Bertz CT molecular complexity index is 1290. The zero-order valence-corrected chi connectivity index (χ0v) is 21.2. The molecule has 1 atom stereocenters. The molecule has 0 radical (unpaired) electrons. The second-order valence-electron chi connectivity index (χ2n) is 7.95. The van der Waals surface area contributed by atoms with E-state index in [1.807, 2.05) is 39.0 Å². The molecule has 0 fully saturated rings. The lowest BCUT2D eigenvalue weighted by Crippen LogP contribution is -2.32. The van der Waals surface area contributed by atoms with Crippen molar-refractivity contribution in [3.63, 3.8) is 0 Å². The van der Waals surface area contributed by atoms with E-state index in [9.17, 15) is 13.2 Å². The van der Waals surface area contributed by atoms with E-state index in [1.165, 1.54) is 44.6 Å². The largest absolute Gasteiger partial charge is 0.497 e. The zero-order chi connectivity index (χ0) is 25.6. The van der Waals surface area contributed by atoms with Gasteiger partial charge in [-0.15, -0.1) is 0 Å². The molecule has 0 unspecified atom stereocenters. The predicted octanol–water partition coefficient (Wildman–Crippen LogP) is 4.92. The van der Waals surface area contributed by atoms with Crippen molar-refractivity contribution in [1.82, 2.24) is 0 Å². The molecule has 0 saturated carbocycles. The summed E-state index contributed by atoms with van der Waals surface area (Å²) in [4.78, 5) is 12.8. The molecule has 0 aliphatic rings. The van der Waals surface area contributed by atoms with Crippen molar-refractivity contribution in [1.29, 1.82) is 0 Å². The first-order valence-corrected chi connectivity index (χ1v) is 12.5. The predicted molar refractivity (Wildman–Crippen MR) is 136 cm³/mol. The number of benzene rings is 3. The number of rotatable bonds is 10. The van der Waals surface area contributed by atoms with E-state index in [0.717, 1.165) is 11.1 Å². The molecule has 0 aromatic heterocycles. The maximum Gasteiger partial charge on any atom is 0.265 e. The van der Waals surface area contributed by atoms with Gasteiger partial charge in [0.1, 0.15) is 17.2 Å². The van der Waals surface area contributed by atoms with E-state index in [4.69, 9.17) is 14.2 Å². The Kier molecular flexibility index (Phi) is 8.24. The molecule has 0 aliphatic carbocycles. The van der Waals surface area contributed by atoms with Crippen LogP contribution >= 0.6 is 0 Å². The molecule has 9 heteroatoms. The number of nitrogens with one attached hydrogen (secondary N) is 2. The monoisotopic (exact) mass is 498 g/mol. The molecular formula is C26H30N2O6S. The molecule has 3 aromatic rings. The molecule has 0 saturated heterocycles. The Morgan fingerprint density at radius 3 is 2.17 bits per heavy atom. The van der Waals surface area contributed by atoms with Crippen LogP contribution in [0.25, 0.3) is 0 Å². The van der Waals surface area contributed by atoms with E-state index < -0.39 is 16.1 Å². The van der Waals surface area contributed by atoms with Crippen LogP contribution in [0.4, 0.5) is 11.4 Å². The minimum absolute atomic E-state index is 0.0267. The summed E-state index contributed by atoms with van der Waals surface area (Å²) < 4.78 is 44.6. The fourth-order valence-electron chi connectivity index (χ4n) is 3.31. The number of methoxy groups -OCH3 is 2. The van der Waals surface area contributed by atoms with Crippen LogP contribution in [0.5, 0.6) is 17.2 Å². The van der Waals surface area contributed by atoms with Gasteiger partial charge in [0.05, 0.1) is 24.8 Å². The first kappa shape index (κ1) is 25.9. The zero-order valence-electron chi connectivity index (χ0n) is 20.4. The summed E-state index contributed by atoms with van der Waals surface area (Å²) >= 11 is 0. The highest BCUT2D eigenvalue weighted by atomic mass is 32.2. The van der Waals surface area contributed by atoms with Crippen LogP contribution in [-0.4, -0.2) is 34.6 Å². The van der Waals surface area contributed by atoms with Crippen molar-refractivity contribution in [3.8, 4) is 17.2 Å². The van der Waals surface area contributed by atoms with Crippen LogP contribution in [0, 0.1) is 13.8 Å². The Hall–Kier alpha value is -3.72. The van der Waals surface area contributed by atoms with E-state index in [-0.39, 0.29) is 16.5 Å². The molecule has 186 valence electrons. The number of hydrogen-bond acceptors (Lipinski definition) is 6. The fraction of sp³-hybridized carbons (Fsp3) is 0.269. The second kappa shape index (κ2) is 11.1. The van der Waals surface area contributed by atoms with Crippen molar-refractivity contribution in [2.24, 2.45) is 0 Å². The van der Waals surface area contributed by atoms with Crippen LogP contribution in [0.15, 0.2) is 65.6 Å². The van der Waals surface area contributed by atoms with Gasteiger partial charge in [0.25, 0.3) is 15.9 Å². The number of hydrogen-bond donors (Lipinski definition) is 2. The average molecular weight is 499 g/mol. The van der Waals surface area contributed by atoms with E-state index in [1.54, 1.807) is 12.1 Å². The van der Waals surface area contributed by atoms with Crippen molar-refractivity contribution >= 4 is 27.3 Å². The maximum absolute atomic E-state index is 12.9. The van der Waals surface area contributed by atoms with Gasteiger partial charge in [0.2, 0.25) is 0 Å².